The Hall–Kier alpha value is -1.96. The van der Waals surface area contributed by atoms with Crippen molar-refractivity contribution in [2.75, 3.05) is 5.32 Å². The van der Waals surface area contributed by atoms with Crippen LogP contribution in [-0.2, 0) is 20.6 Å². The lowest BCUT2D eigenvalue weighted by molar-refractivity contribution is -0.117. The van der Waals surface area contributed by atoms with Gasteiger partial charge in [0, 0.05) is 5.02 Å². The first-order valence-corrected chi connectivity index (χ1v) is 9.10. The number of nitrogens with one attached hydrogen (secondary N) is 2. The van der Waals surface area contributed by atoms with E-state index < -0.39 is 27.8 Å². The quantitative estimate of drug-likeness (QED) is 0.820. The second kappa shape index (κ2) is 7.74. The van der Waals surface area contributed by atoms with Gasteiger partial charge < -0.3 is 5.32 Å². The van der Waals surface area contributed by atoms with Crippen molar-refractivity contribution in [3.05, 3.63) is 64.9 Å². The Morgan fingerprint density at radius 2 is 1.79 bits per heavy atom. The molecule has 0 aliphatic carbocycles. The SMILES string of the molecule is CC(NS(=O)(=O)Cc1ccc(Cl)cc1)C(=O)Nc1ccccc1F. The molecule has 0 aliphatic rings. The molecule has 0 radical (unpaired) electrons. The van der Waals surface area contributed by atoms with Crippen LogP contribution in [0.5, 0.6) is 0 Å². The molecule has 0 aromatic heterocycles. The van der Waals surface area contributed by atoms with Gasteiger partial charge in [0.1, 0.15) is 5.82 Å². The third-order valence-corrected chi connectivity index (χ3v) is 4.83. The number of halogens is 2. The minimum Gasteiger partial charge on any atom is -0.322 e. The van der Waals surface area contributed by atoms with Crippen LogP contribution in [0.2, 0.25) is 5.02 Å². The number of carbonyl (C=O) groups excluding carboxylic acids is 1. The summed E-state index contributed by atoms with van der Waals surface area (Å²) < 4.78 is 40.0. The molecule has 2 rings (SSSR count). The molecule has 5 nitrogen and oxygen atoms in total. The molecule has 0 bridgehead atoms. The summed E-state index contributed by atoms with van der Waals surface area (Å²) in [4.78, 5) is 12.0. The lowest BCUT2D eigenvalue weighted by Crippen LogP contribution is -2.42. The van der Waals surface area contributed by atoms with Crippen LogP contribution in [0, 0.1) is 5.82 Å². The van der Waals surface area contributed by atoms with Crippen LogP contribution in [0.4, 0.5) is 10.1 Å². The Morgan fingerprint density at radius 3 is 2.42 bits per heavy atom. The van der Waals surface area contributed by atoms with E-state index in [1.807, 2.05) is 0 Å². The van der Waals surface area contributed by atoms with Crippen molar-refractivity contribution >= 4 is 33.2 Å². The highest BCUT2D eigenvalue weighted by molar-refractivity contribution is 7.88. The number of hydrogen-bond donors (Lipinski definition) is 2. The van der Waals surface area contributed by atoms with Gasteiger partial charge in [0.15, 0.2) is 0 Å². The predicted molar refractivity (Wildman–Crippen MR) is 91.7 cm³/mol. The van der Waals surface area contributed by atoms with Gasteiger partial charge in [-0.15, -0.1) is 0 Å². The summed E-state index contributed by atoms with van der Waals surface area (Å²) in [5.41, 5.74) is 0.528. The molecule has 0 fully saturated rings. The zero-order valence-electron chi connectivity index (χ0n) is 12.8. The Morgan fingerprint density at radius 1 is 1.17 bits per heavy atom. The molecule has 1 amide bonds. The summed E-state index contributed by atoms with van der Waals surface area (Å²) in [6.45, 7) is 1.38. The minimum absolute atomic E-state index is 0.00810. The van der Waals surface area contributed by atoms with Crippen molar-refractivity contribution in [1.29, 1.82) is 0 Å². The number of benzene rings is 2. The van der Waals surface area contributed by atoms with Gasteiger partial charge in [-0.3, -0.25) is 4.79 Å². The Balaban J connectivity index is 1.99. The molecule has 1 atom stereocenters. The Kier molecular flexibility index (Phi) is 5.93. The van der Waals surface area contributed by atoms with Gasteiger partial charge in [-0.05, 0) is 36.8 Å². The maximum atomic E-state index is 13.5. The van der Waals surface area contributed by atoms with Crippen molar-refractivity contribution in [3.63, 3.8) is 0 Å². The first-order valence-electron chi connectivity index (χ1n) is 7.07. The van der Waals surface area contributed by atoms with E-state index in [1.54, 1.807) is 30.3 Å². The van der Waals surface area contributed by atoms with Gasteiger partial charge in [-0.2, -0.15) is 0 Å². The molecule has 24 heavy (non-hydrogen) atoms. The van der Waals surface area contributed by atoms with Crippen LogP contribution in [-0.4, -0.2) is 20.4 Å². The maximum Gasteiger partial charge on any atom is 0.242 e. The molecule has 1 unspecified atom stereocenters. The second-order valence-corrected chi connectivity index (χ2v) is 7.38. The van der Waals surface area contributed by atoms with Gasteiger partial charge in [0.2, 0.25) is 15.9 Å². The van der Waals surface area contributed by atoms with Crippen LogP contribution < -0.4 is 10.0 Å². The van der Waals surface area contributed by atoms with Gasteiger partial charge in [0.25, 0.3) is 0 Å². The number of para-hydroxylation sites is 1. The van der Waals surface area contributed by atoms with Crippen molar-refractivity contribution in [2.24, 2.45) is 0 Å². The largest absolute Gasteiger partial charge is 0.322 e. The summed E-state index contributed by atoms with van der Waals surface area (Å²) in [5.74, 6) is -1.54. The highest BCUT2D eigenvalue weighted by Crippen LogP contribution is 2.14. The lowest BCUT2D eigenvalue weighted by atomic mass is 10.2. The number of rotatable bonds is 6. The van der Waals surface area contributed by atoms with Crippen molar-refractivity contribution in [2.45, 2.75) is 18.7 Å². The Bertz CT molecular complexity index is 825. The van der Waals surface area contributed by atoms with Gasteiger partial charge in [0.05, 0.1) is 17.5 Å². The van der Waals surface area contributed by atoms with E-state index in [0.29, 0.717) is 10.6 Å². The number of carbonyl (C=O) groups is 1. The summed E-state index contributed by atoms with van der Waals surface area (Å²) in [5, 5.41) is 2.85. The first kappa shape index (κ1) is 18.4. The van der Waals surface area contributed by atoms with Crippen molar-refractivity contribution in [3.8, 4) is 0 Å². The normalized spacial score (nSPS) is 12.6. The number of hydrogen-bond acceptors (Lipinski definition) is 3. The van der Waals surface area contributed by atoms with E-state index in [9.17, 15) is 17.6 Å². The Labute approximate surface area is 144 Å². The average Bonchev–Trinajstić information content (AvgIpc) is 2.51. The molecule has 0 saturated carbocycles. The van der Waals surface area contributed by atoms with E-state index >= 15 is 0 Å². The number of amides is 1. The molecule has 128 valence electrons. The lowest BCUT2D eigenvalue weighted by Gasteiger charge is -2.15. The first-order chi connectivity index (χ1) is 11.3. The molecular weight excluding hydrogens is 355 g/mol. The topological polar surface area (TPSA) is 75.3 Å². The molecule has 8 heteroatoms. The highest BCUT2D eigenvalue weighted by Gasteiger charge is 2.21. The zero-order chi connectivity index (χ0) is 17.7. The van der Waals surface area contributed by atoms with E-state index in [1.165, 1.54) is 25.1 Å². The molecule has 0 spiro atoms. The summed E-state index contributed by atoms with van der Waals surface area (Å²) in [6, 6.07) is 10.9. The minimum atomic E-state index is -3.74. The van der Waals surface area contributed by atoms with Gasteiger partial charge >= 0.3 is 0 Å². The molecular formula is C16H16ClFN2O3S. The molecule has 0 heterocycles. The summed E-state index contributed by atoms with van der Waals surface area (Å²) in [7, 11) is -3.74. The van der Waals surface area contributed by atoms with E-state index in [0.717, 1.165) is 0 Å². The molecule has 0 aliphatic heterocycles. The maximum absolute atomic E-state index is 13.5. The standard InChI is InChI=1S/C16H16ClFN2O3S/c1-11(16(21)19-15-5-3-2-4-14(15)18)20-24(22,23)10-12-6-8-13(17)9-7-12/h2-9,11,20H,10H2,1H3,(H,19,21). The molecule has 2 aromatic rings. The van der Waals surface area contributed by atoms with E-state index in [-0.39, 0.29) is 11.4 Å². The van der Waals surface area contributed by atoms with E-state index in [4.69, 9.17) is 11.6 Å². The third-order valence-electron chi connectivity index (χ3n) is 3.15. The van der Waals surface area contributed by atoms with Crippen LogP contribution in [0.1, 0.15) is 12.5 Å². The fourth-order valence-electron chi connectivity index (χ4n) is 1.97. The van der Waals surface area contributed by atoms with Crippen molar-refractivity contribution < 1.29 is 17.6 Å². The predicted octanol–water partition coefficient (Wildman–Crippen LogP) is 2.93. The van der Waals surface area contributed by atoms with Gasteiger partial charge in [-0.25, -0.2) is 17.5 Å². The zero-order valence-corrected chi connectivity index (χ0v) is 14.4. The molecule has 0 saturated heterocycles. The fraction of sp³-hybridized carbons (Fsp3) is 0.188. The summed E-state index contributed by atoms with van der Waals surface area (Å²) >= 11 is 5.75. The van der Waals surface area contributed by atoms with Crippen LogP contribution in [0.3, 0.4) is 0 Å². The second-order valence-electron chi connectivity index (χ2n) is 5.19. The fourth-order valence-corrected chi connectivity index (χ4v) is 3.45. The third kappa shape index (κ3) is 5.30. The highest BCUT2D eigenvalue weighted by atomic mass is 35.5. The van der Waals surface area contributed by atoms with Crippen LogP contribution in [0.15, 0.2) is 48.5 Å². The monoisotopic (exact) mass is 370 g/mol. The smallest absolute Gasteiger partial charge is 0.242 e. The van der Waals surface area contributed by atoms with Crippen LogP contribution >= 0.6 is 11.6 Å². The number of sulfonamides is 1. The van der Waals surface area contributed by atoms with Crippen molar-refractivity contribution in [1.82, 2.24) is 4.72 Å². The average molecular weight is 371 g/mol. The summed E-state index contributed by atoms with van der Waals surface area (Å²) in [6.07, 6.45) is 0. The molecule has 2 N–H and O–H groups in total. The van der Waals surface area contributed by atoms with Crippen LogP contribution in [0.25, 0.3) is 0 Å². The van der Waals surface area contributed by atoms with Gasteiger partial charge in [-0.1, -0.05) is 35.9 Å². The molecule has 2 aromatic carbocycles. The van der Waals surface area contributed by atoms with E-state index in [2.05, 4.69) is 10.0 Å². The number of anilines is 1.